The molecule has 2 aromatic rings. The summed E-state index contributed by atoms with van der Waals surface area (Å²) >= 11 is 6.18. The fourth-order valence-corrected chi connectivity index (χ4v) is 3.17. The molecule has 0 radical (unpaired) electrons. The van der Waals surface area contributed by atoms with Gasteiger partial charge in [0.1, 0.15) is 5.02 Å². The second kappa shape index (κ2) is 8.10. The number of anilines is 1. The normalized spacial score (nSPS) is 19.4. The van der Waals surface area contributed by atoms with E-state index in [0.29, 0.717) is 12.3 Å². The first-order valence-corrected chi connectivity index (χ1v) is 9.07. The van der Waals surface area contributed by atoms with E-state index < -0.39 is 17.3 Å². The van der Waals surface area contributed by atoms with Gasteiger partial charge in [0.2, 0.25) is 0 Å². The van der Waals surface area contributed by atoms with Crippen LogP contribution >= 0.6 is 11.6 Å². The number of nitrogens with zero attached hydrogens (tertiary/aromatic N) is 3. The van der Waals surface area contributed by atoms with Gasteiger partial charge < -0.3 is 15.0 Å². The molecule has 0 aliphatic carbocycles. The van der Waals surface area contributed by atoms with Crippen LogP contribution in [0, 0.1) is 0 Å². The van der Waals surface area contributed by atoms with Crippen LogP contribution in [0.4, 0.5) is 18.9 Å². The van der Waals surface area contributed by atoms with Crippen LogP contribution in [0.2, 0.25) is 5.02 Å². The van der Waals surface area contributed by atoms with Crippen LogP contribution in [0.25, 0.3) is 5.69 Å². The first-order chi connectivity index (χ1) is 13.2. The van der Waals surface area contributed by atoms with Gasteiger partial charge in [0.05, 0.1) is 41.9 Å². The Bertz CT molecular complexity index is 903. The van der Waals surface area contributed by atoms with Crippen molar-refractivity contribution in [3.63, 3.8) is 0 Å². The topological polar surface area (TPSA) is 59.4 Å². The molecule has 0 bridgehead atoms. The lowest BCUT2D eigenvalue weighted by Gasteiger charge is -2.34. The molecule has 1 fully saturated rings. The number of halogens is 4. The third-order valence-corrected chi connectivity index (χ3v) is 4.94. The van der Waals surface area contributed by atoms with Gasteiger partial charge in [-0.15, -0.1) is 0 Å². The second-order valence-corrected chi connectivity index (χ2v) is 7.12. The molecule has 0 spiro atoms. The summed E-state index contributed by atoms with van der Waals surface area (Å²) in [5.41, 5.74) is -1.29. The fraction of sp³-hybridized carbons (Fsp3) is 0.444. The van der Waals surface area contributed by atoms with Crippen molar-refractivity contribution < 1.29 is 17.9 Å². The maximum atomic E-state index is 12.9. The minimum atomic E-state index is -4.52. The predicted molar refractivity (Wildman–Crippen MR) is 100 cm³/mol. The van der Waals surface area contributed by atoms with Crippen LogP contribution in [0.15, 0.2) is 35.3 Å². The molecule has 1 aliphatic heterocycles. The molecule has 2 heterocycles. The van der Waals surface area contributed by atoms with E-state index in [-0.39, 0.29) is 22.9 Å². The summed E-state index contributed by atoms with van der Waals surface area (Å²) in [7, 11) is 1.99. The highest BCUT2D eigenvalue weighted by Crippen LogP contribution is 2.30. The summed E-state index contributed by atoms with van der Waals surface area (Å²) in [5.74, 6) is 0. The molecule has 10 heteroatoms. The molecular formula is C18H20ClF3N4O2. The highest BCUT2D eigenvalue weighted by Gasteiger charge is 2.31. The summed E-state index contributed by atoms with van der Waals surface area (Å²) in [6, 6.07) is 4.21. The van der Waals surface area contributed by atoms with Crippen LogP contribution in [0.5, 0.6) is 0 Å². The third-order valence-electron chi connectivity index (χ3n) is 4.57. The van der Waals surface area contributed by atoms with Crippen molar-refractivity contribution in [1.82, 2.24) is 14.7 Å². The molecule has 1 aliphatic rings. The van der Waals surface area contributed by atoms with Crippen molar-refractivity contribution in [3.8, 4) is 5.69 Å². The minimum Gasteiger partial charge on any atom is -0.377 e. The smallest absolute Gasteiger partial charge is 0.377 e. The van der Waals surface area contributed by atoms with Crippen LogP contribution in [-0.2, 0) is 10.9 Å². The van der Waals surface area contributed by atoms with E-state index in [2.05, 4.69) is 15.3 Å². The number of rotatable bonds is 4. The van der Waals surface area contributed by atoms with Crippen molar-refractivity contribution in [3.05, 3.63) is 51.4 Å². The van der Waals surface area contributed by atoms with Crippen LogP contribution in [-0.4, -0.2) is 53.6 Å². The van der Waals surface area contributed by atoms with Crippen molar-refractivity contribution in [2.45, 2.75) is 25.2 Å². The van der Waals surface area contributed by atoms with Gasteiger partial charge >= 0.3 is 6.18 Å². The van der Waals surface area contributed by atoms with Gasteiger partial charge in [-0.2, -0.15) is 23.0 Å². The van der Waals surface area contributed by atoms with Gasteiger partial charge in [-0.05, 0) is 32.2 Å². The summed E-state index contributed by atoms with van der Waals surface area (Å²) in [6.45, 7) is 4.08. The lowest BCUT2D eigenvalue weighted by Crippen LogP contribution is -2.47. The lowest BCUT2D eigenvalue weighted by molar-refractivity contribution is -0.137. The van der Waals surface area contributed by atoms with Crippen LogP contribution in [0.3, 0.4) is 0 Å². The summed E-state index contributed by atoms with van der Waals surface area (Å²) in [4.78, 5) is 14.7. The van der Waals surface area contributed by atoms with E-state index >= 15 is 0 Å². The number of likely N-dealkylation sites (N-methyl/N-ethyl adjacent to an activating group) is 1. The molecule has 2 unspecified atom stereocenters. The van der Waals surface area contributed by atoms with Crippen molar-refractivity contribution in [1.29, 1.82) is 0 Å². The Kier molecular flexibility index (Phi) is 5.97. The summed E-state index contributed by atoms with van der Waals surface area (Å²) in [6.07, 6.45) is -3.29. The molecule has 2 atom stereocenters. The standard InChI is InChI=1S/C18H20ClF3N4O2/c1-11(15-10-25(2)6-7-28-15)24-14-9-23-26(17(27)16(14)19)13-5-3-4-12(8-13)18(20,21)22/h3-5,8-9,11,15,24H,6-7,10H2,1-2H3. The number of ether oxygens (including phenoxy) is 1. The largest absolute Gasteiger partial charge is 0.416 e. The molecule has 1 saturated heterocycles. The van der Waals surface area contributed by atoms with E-state index in [9.17, 15) is 18.0 Å². The highest BCUT2D eigenvalue weighted by molar-refractivity contribution is 6.33. The predicted octanol–water partition coefficient (Wildman–Crippen LogP) is 3.04. The van der Waals surface area contributed by atoms with Gasteiger partial charge in [-0.25, -0.2) is 0 Å². The monoisotopic (exact) mass is 416 g/mol. The Labute approximate surface area is 164 Å². The first-order valence-electron chi connectivity index (χ1n) is 8.69. The number of alkyl halides is 3. The molecular weight excluding hydrogens is 397 g/mol. The quantitative estimate of drug-likeness (QED) is 0.830. The highest BCUT2D eigenvalue weighted by atomic mass is 35.5. The molecule has 0 saturated carbocycles. The molecule has 28 heavy (non-hydrogen) atoms. The maximum absolute atomic E-state index is 12.9. The molecule has 1 N–H and O–H groups in total. The SMILES string of the molecule is CC(Nc1cnn(-c2cccc(C(F)(F)F)c2)c(=O)c1Cl)C1CN(C)CCO1. The van der Waals surface area contributed by atoms with Crippen molar-refractivity contribution in [2.75, 3.05) is 32.1 Å². The first kappa shape index (κ1) is 20.6. The third kappa shape index (κ3) is 4.48. The summed E-state index contributed by atoms with van der Waals surface area (Å²) in [5, 5.41) is 6.95. The van der Waals surface area contributed by atoms with E-state index in [1.54, 1.807) is 0 Å². The average Bonchev–Trinajstić information content (AvgIpc) is 2.65. The van der Waals surface area contributed by atoms with Crippen molar-refractivity contribution in [2.24, 2.45) is 0 Å². The van der Waals surface area contributed by atoms with Crippen molar-refractivity contribution >= 4 is 17.3 Å². The minimum absolute atomic E-state index is 0.0152. The molecule has 152 valence electrons. The Balaban J connectivity index is 1.85. The van der Waals surface area contributed by atoms with Gasteiger partial charge in [0.25, 0.3) is 5.56 Å². The van der Waals surface area contributed by atoms with E-state index in [1.807, 2.05) is 14.0 Å². The Morgan fingerprint density at radius 2 is 2.14 bits per heavy atom. The molecule has 6 nitrogen and oxygen atoms in total. The van der Waals surface area contributed by atoms with Gasteiger partial charge in [0.15, 0.2) is 0 Å². The number of morpholine rings is 1. The van der Waals surface area contributed by atoms with Crippen LogP contribution in [0.1, 0.15) is 12.5 Å². The fourth-order valence-electron chi connectivity index (χ4n) is 2.98. The zero-order chi connectivity index (χ0) is 20.5. The zero-order valence-corrected chi connectivity index (χ0v) is 16.1. The Morgan fingerprint density at radius 1 is 1.39 bits per heavy atom. The lowest BCUT2D eigenvalue weighted by atomic mass is 10.1. The number of nitrogens with one attached hydrogen (secondary N) is 1. The van der Waals surface area contributed by atoms with E-state index in [4.69, 9.17) is 16.3 Å². The Hall–Kier alpha value is -2.10. The van der Waals surface area contributed by atoms with Crippen LogP contribution < -0.4 is 10.9 Å². The molecule has 1 aromatic heterocycles. The molecule has 0 amide bonds. The zero-order valence-electron chi connectivity index (χ0n) is 15.3. The van der Waals surface area contributed by atoms with Gasteiger partial charge in [0, 0.05) is 13.1 Å². The van der Waals surface area contributed by atoms with E-state index in [0.717, 1.165) is 29.9 Å². The number of benzene rings is 1. The van der Waals surface area contributed by atoms with Gasteiger partial charge in [-0.1, -0.05) is 17.7 Å². The molecule has 3 rings (SSSR count). The second-order valence-electron chi connectivity index (χ2n) is 6.74. The molecule has 1 aromatic carbocycles. The number of aromatic nitrogens is 2. The average molecular weight is 417 g/mol. The summed E-state index contributed by atoms with van der Waals surface area (Å²) < 4.78 is 45.3. The van der Waals surface area contributed by atoms with E-state index in [1.165, 1.54) is 18.3 Å². The van der Waals surface area contributed by atoms with Gasteiger partial charge in [-0.3, -0.25) is 4.79 Å². The maximum Gasteiger partial charge on any atom is 0.416 e. The Morgan fingerprint density at radius 3 is 2.82 bits per heavy atom. The number of hydrogen-bond donors (Lipinski definition) is 1. The number of hydrogen-bond acceptors (Lipinski definition) is 5.